The Labute approximate surface area is 88.8 Å². The molecular weight excluding hydrogens is 235 g/mol. The third kappa shape index (κ3) is 2.34. The summed E-state index contributed by atoms with van der Waals surface area (Å²) in [7, 11) is 1.19. The number of thiophene rings is 1. The van der Waals surface area contributed by atoms with Gasteiger partial charge in [-0.2, -0.15) is 0 Å². The van der Waals surface area contributed by atoms with E-state index in [0.717, 1.165) is 11.3 Å². The molecular formula is C7H6Cl2O3S. The highest BCUT2D eigenvalue weighted by molar-refractivity contribution is 7.20. The van der Waals surface area contributed by atoms with Crippen molar-refractivity contribution < 1.29 is 14.6 Å². The number of carbonyl (C=O) groups excluding carboxylic acids is 1. The molecule has 1 rings (SSSR count). The van der Waals surface area contributed by atoms with E-state index in [1.165, 1.54) is 13.2 Å². The number of halogens is 2. The molecule has 0 aliphatic carbocycles. The summed E-state index contributed by atoms with van der Waals surface area (Å²) < 4.78 is 5.06. The number of methoxy groups -OCH3 is 1. The topological polar surface area (TPSA) is 46.5 Å². The molecule has 3 nitrogen and oxygen atoms in total. The molecule has 13 heavy (non-hydrogen) atoms. The van der Waals surface area contributed by atoms with Crippen LogP contribution in [0.25, 0.3) is 0 Å². The van der Waals surface area contributed by atoms with Crippen molar-refractivity contribution in [3.63, 3.8) is 0 Å². The van der Waals surface area contributed by atoms with Crippen molar-refractivity contribution in [1.29, 1.82) is 0 Å². The number of aliphatic hydroxyl groups is 1. The summed E-state index contributed by atoms with van der Waals surface area (Å²) >= 11 is 12.4. The lowest BCUT2D eigenvalue weighted by atomic mass is 10.2. The summed E-state index contributed by atoms with van der Waals surface area (Å²) in [5, 5.41) is 9.37. The average molecular weight is 241 g/mol. The van der Waals surface area contributed by atoms with Gasteiger partial charge in [0, 0.05) is 5.56 Å². The minimum Gasteiger partial charge on any atom is -0.467 e. The van der Waals surface area contributed by atoms with Crippen LogP contribution in [0.4, 0.5) is 0 Å². The second-order valence-electron chi connectivity index (χ2n) is 2.21. The summed E-state index contributed by atoms with van der Waals surface area (Å²) in [6, 6.07) is 1.44. The molecule has 72 valence electrons. The maximum atomic E-state index is 10.9. The van der Waals surface area contributed by atoms with E-state index in [1.54, 1.807) is 0 Å². The van der Waals surface area contributed by atoms with Crippen molar-refractivity contribution in [3.8, 4) is 0 Å². The fourth-order valence-electron chi connectivity index (χ4n) is 0.778. The molecule has 1 aromatic rings. The van der Waals surface area contributed by atoms with Gasteiger partial charge in [-0.15, -0.1) is 11.3 Å². The first-order valence-corrected chi connectivity index (χ1v) is 4.84. The summed E-state index contributed by atoms with van der Waals surface area (Å²) in [6.07, 6.45) is -1.36. The molecule has 1 N–H and O–H groups in total. The SMILES string of the molecule is COC(=O)C(O)c1cc(Cl)sc1Cl. The van der Waals surface area contributed by atoms with Crippen LogP contribution in [0.3, 0.4) is 0 Å². The van der Waals surface area contributed by atoms with E-state index in [1.807, 2.05) is 0 Å². The van der Waals surface area contributed by atoms with Crippen LogP contribution in [0, 0.1) is 0 Å². The van der Waals surface area contributed by atoms with Gasteiger partial charge in [0.15, 0.2) is 6.10 Å². The predicted molar refractivity (Wildman–Crippen MR) is 51.3 cm³/mol. The molecule has 1 heterocycles. The van der Waals surface area contributed by atoms with Crippen molar-refractivity contribution in [3.05, 3.63) is 20.3 Å². The number of rotatable bonds is 2. The van der Waals surface area contributed by atoms with E-state index in [4.69, 9.17) is 23.2 Å². The largest absolute Gasteiger partial charge is 0.467 e. The first kappa shape index (κ1) is 10.8. The zero-order valence-electron chi connectivity index (χ0n) is 6.58. The minimum atomic E-state index is -1.36. The monoisotopic (exact) mass is 240 g/mol. The highest BCUT2D eigenvalue weighted by atomic mass is 35.5. The predicted octanol–water partition coefficient (Wildman–Crippen LogP) is 2.26. The molecule has 0 saturated heterocycles. The molecule has 0 bridgehead atoms. The Morgan fingerprint density at radius 1 is 1.69 bits per heavy atom. The van der Waals surface area contributed by atoms with Gasteiger partial charge in [0.05, 0.1) is 11.4 Å². The number of esters is 1. The van der Waals surface area contributed by atoms with E-state index < -0.39 is 12.1 Å². The normalized spacial score (nSPS) is 12.6. The summed E-state index contributed by atoms with van der Waals surface area (Å²) in [5.74, 6) is -0.753. The Morgan fingerprint density at radius 3 is 2.69 bits per heavy atom. The summed E-state index contributed by atoms with van der Waals surface area (Å²) in [4.78, 5) is 10.9. The molecule has 0 radical (unpaired) electrons. The van der Waals surface area contributed by atoms with Crippen LogP contribution in [-0.4, -0.2) is 18.2 Å². The van der Waals surface area contributed by atoms with Gasteiger partial charge in [-0.3, -0.25) is 0 Å². The lowest BCUT2D eigenvalue weighted by molar-refractivity contribution is -0.150. The average Bonchev–Trinajstić information content (AvgIpc) is 2.42. The van der Waals surface area contributed by atoms with E-state index in [9.17, 15) is 9.90 Å². The molecule has 0 amide bonds. The first-order valence-electron chi connectivity index (χ1n) is 3.27. The lowest BCUT2D eigenvalue weighted by Crippen LogP contribution is -2.12. The molecule has 0 aliphatic heterocycles. The molecule has 0 spiro atoms. The van der Waals surface area contributed by atoms with Crippen LogP contribution in [0.1, 0.15) is 11.7 Å². The van der Waals surface area contributed by atoms with E-state index in [-0.39, 0.29) is 5.56 Å². The Hall–Kier alpha value is -0.290. The van der Waals surface area contributed by atoms with Gasteiger partial charge in [0.25, 0.3) is 0 Å². The molecule has 0 fully saturated rings. The molecule has 6 heteroatoms. The van der Waals surface area contributed by atoms with Crippen molar-refractivity contribution >= 4 is 40.5 Å². The van der Waals surface area contributed by atoms with Crippen LogP contribution < -0.4 is 0 Å². The Bertz CT molecular complexity index is 324. The molecule has 1 aromatic heterocycles. The number of hydrogen-bond acceptors (Lipinski definition) is 4. The molecule has 1 unspecified atom stereocenters. The maximum absolute atomic E-state index is 10.9. The smallest absolute Gasteiger partial charge is 0.339 e. The van der Waals surface area contributed by atoms with Gasteiger partial charge in [0.1, 0.15) is 4.34 Å². The molecule has 0 saturated carbocycles. The van der Waals surface area contributed by atoms with Crippen LogP contribution in [-0.2, 0) is 9.53 Å². The fourth-order valence-corrected chi connectivity index (χ4v) is 2.30. The third-order valence-electron chi connectivity index (χ3n) is 1.40. The summed E-state index contributed by atoms with van der Waals surface area (Å²) in [6.45, 7) is 0. The van der Waals surface area contributed by atoms with Gasteiger partial charge in [-0.1, -0.05) is 23.2 Å². The number of carbonyl (C=O) groups is 1. The number of ether oxygens (including phenoxy) is 1. The zero-order chi connectivity index (χ0) is 10.0. The van der Waals surface area contributed by atoms with Crippen molar-refractivity contribution in [1.82, 2.24) is 0 Å². The highest BCUT2D eigenvalue weighted by Crippen LogP contribution is 2.35. The maximum Gasteiger partial charge on any atom is 0.339 e. The van der Waals surface area contributed by atoms with Crippen molar-refractivity contribution in [2.75, 3.05) is 7.11 Å². The van der Waals surface area contributed by atoms with Gasteiger partial charge in [0.2, 0.25) is 0 Å². The van der Waals surface area contributed by atoms with Gasteiger partial charge >= 0.3 is 5.97 Å². The molecule has 0 aliphatic rings. The van der Waals surface area contributed by atoms with Gasteiger partial charge in [-0.05, 0) is 6.07 Å². The van der Waals surface area contributed by atoms with Gasteiger partial charge < -0.3 is 9.84 Å². The summed E-state index contributed by atoms with van der Waals surface area (Å²) in [5.41, 5.74) is 0.281. The van der Waals surface area contributed by atoms with Crippen LogP contribution in [0.5, 0.6) is 0 Å². The van der Waals surface area contributed by atoms with E-state index in [2.05, 4.69) is 4.74 Å². The van der Waals surface area contributed by atoms with E-state index >= 15 is 0 Å². The Kier molecular flexibility index (Phi) is 3.55. The zero-order valence-corrected chi connectivity index (χ0v) is 8.91. The Morgan fingerprint density at radius 2 is 2.31 bits per heavy atom. The molecule has 0 aromatic carbocycles. The van der Waals surface area contributed by atoms with Crippen LogP contribution in [0.2, 0.25) is 8.67 Å². The third-order valence-corrected chi connectivity index (χ3v) is 2.92. The second kappa shape index (κ2) is 4.28. The first-order chi connectivity index (χ1) is 6.06. The highest BCUT2D eigenvalue weighted by Gasteiger charge is 2.22. The van der Waals surface area contributed by atoms with Crippen LogP contribution in [0.15, 0.2) is 6.07 Å². The minimum absolute atomic E-state index is 0.281. The van der Waals surface area contributed by atoms with E-state index in [0.29, 0.717) is 8.67 Å². The quantitative estimate of drug-likeness (QED) is 0.808. The second-order valence-corrected chi connectivity index (χ2v) is 4.49. The number of aliphatic hydroxyl groups excluding tert-OH is 1. The Balaban J connectivity index is 2.94. The van der Waals surface area contributed by atoms with Crippen molar-refractivity contribution in [2.24, 2.45) is 0 Å². The van der Waals surface area contributed by atoms with Crippen LogP contribution >= 0.6 is 34.5 Å². The van der Waals surface area contributed by atoms with Gasteiger partial charge in [-0.25, -0.2) is 4.79 Å². The molecule has 1 atom stereocenters. The fraction of sp³-hybridized carbons (Fsp3) is 0.286. The standard InChI is InChI=1S/C7H6Cl2O3S/c1-12-7(11)5(10)3-2-4(8)13-6(3)9/h2,5,10H,1H3. The lowest BCUT2D eigenvalue weighted by Gasteiger charge is -2.05. The van der Waals surface area contributed by atoms with Crippen molar-refractivity contribution in [2.45, 2.75) is 6.10 Å². The number of hydrogen-bond donors (Lipinski definition) is 1.